The third-order valence-electron chi connectivity index (χ3n) is 5.23. The maximum absolute atomic E-state index is 14.0. The van der Waals surface area contributed by atoms with Crippen molar-refractivity contribution in [1.29, 1.82) is 0 Å². The number of rotatable bonds is 4. The predicted molar refractivity (Wildman–Crippen MR) is 99.7 cm³/mol. The van der Waals surface area contributed by atoms with Crippen molar-refractivity contribution in [3.8, 4) is 0 Å². The van der Waals surface area contributed by atoms with Crippen LogP contribution in [0.4, 0.5) is 10.1 Å². The number of carboxylic acid groups (broad SMARTS) is 1. The molecule has 4 rings (SSSR count). The molecule has 0 aliphatic carbocycles. The van der Waals surface area contributed by atoms with E-state index >= 15 is 0 Å². The number of carboxylic acids is 1. The topological polar surface area (TPSA) is 95.0 Å². The Hall–Kier alpha value is -3.26. The summed E-state index contributed by atoms with van der Waals surface area (Å²) in [6, 6.07) is 10.0. The molecule has 1 fully saturated rings. The summed E-state index contributed by atoms with van der Waals surface area (Å²) in [6.07, 6.45) is -0.454. The standard InChI is InChI=1S/C20H14ClFN2O5/c21-12-5-6-13-15(7-12)23(10-17(26)27)18(28)20(13)8-16(25)24(19(20)29)9-11-3-1-2-4-14(11)22/h1-7H,8-10H2,(H,26,27). The number of halogens is 2. The number of anilines is 1. The number of carbonyl (C=O) groups is 4. The zero-order valence-electron chi connectivity index (χ0n) is 14.9. The quantitative estimate of drug-likeness (QED) is 0.608. The highest BCUT2D eigenvalue weighted by Gasteiger charge is 2.63. The molecule has 1 saturated heterocycles. The number of amides is 3. The maximum atomic E-state index is 14.0. The van der Waals surface area contributed by atoms with Crippen molar-refractivity contribution in [2.75, 3.05) is 11.4 Å². The summed E-state index contributed by atoms with van der Waals surface area (Å²) >= 11 is 6.00. The van der Waals surface area contributed by atoms with Crippen LogP contribution >= 0.6 is 11.6 Å². The molecule has 1 spiro atoms. The second kappa shape index (κ2) is 6.66. The average molecular weight is 417 g/mol. The first-order valence-electron chi connectivity index (χ1n) is 8.67. The predicted octanol–water partition coefficient (Wildman–Crippen LogP) is 2.11. The van der Waals surface area contributed by atoms with E-state index in [1.807, 2.05) is 0 Å². The largest absolute Gasteiger partial charge is 0.480 e. The molecule has 9 heteroatoms. The van der Waals surface area contributed by atoms with Gasteiger partial charge in [-0.25, -0.2) is 4.39 Å². The summed E-state index contributed by atoms with van der Waals surface area (Å²) in [6.45, 7) is -0.996. The van der Waals surface area contributed by atoms with Crippen LogP contribution in [0.5, 0.6) is 0 Å². The summed E-state index contributed by atoms with van der Waals surface area (Å²) in [7, 11) is 0. The Morgan fingerprint density at radius 1 is 1.10 bits per heavy atom. The normalized spacial score (nSPS) is 20.7. The molecule has 0 saturated carbocycles. The van der Waals surface area contributed by atoms with E-state index < -0.39 is 47.9 Å². The van der Waals surface area contributed by atoms with Crippen LogP contribution in [-0.2, 0) is 31.1 Å². The SMILES string of the molecule is O=C(O)CN1C(=O)C2(CC(=O)N(Cc3ccccc3F)C2=O)c2ccc(Cl)cc21. The molecule has 2 aliphatic heterocycles. The molecule has 1 N–H and O–H groups in total. The number of aliphatic carboxylic acids is 1. The summed E-state index contributed by atoms with van der Waals surface area (Å²) < 4.78 is 14.0. The summed E-state index contributed by atoms with van der Waals surface area (Å²) in [4.78, 5) is 52.2. The molecule has 29 heavy (non-hydrogen) atoms. The van der Waals surface area contributed by atoms with E-state index in [1.54, 1.807) is 6.07 Å². The molecule has 0 aromatic heterocycles. The zero-order valence-corrected chi connectivity index (χ0v) is 15.6. The average Bonchev–Trinajstić information content (AvgIpc) is 3.04. The number of carbonyl (C=O) groups excluding carboxylic acids is 3. The molecular weight excluding hydrogens is 403 g/mol. The Bertz CT molecular complexity index is 1090. The van der Waals surface area contributed by atoms with Gasteiger partial charge in [-0.3, -0.25) is 29.0 Å². The van der Waals surface area contributed by atoms with E-state index in [2.05, 4.69) is 0 Å². The first-order valence-corrected chi connectivity index (χ1v) is 9.05. The van der Waals surface area contributed by atoms with Crippen LogP contribution < -0.4 is 4.90 Å². The number of imide groups is 1. The Balaban J connectivity index is 1.79. The fourth-order valence-corrected chi connectivity index (χ4v) is 4.08. The fourth-order valence-electron chi connectivity index (χ4n) is 3.91. The van der Waals surface area contributed by atoms with E-state index in [4.69, 9.17) is 11.6 Å². The lowest BCUT2D eigenvalue weighted by atomic mass is 9.80. The van der Waals surface area contributed by atoms with Gasteiger partial charge in [0.05, 0.1) is 18.7 Å². The van der Waals surface area contributed by atoms with Gasteiger partial charge in [-0.15, -0.1) is 0 Å². The smallest absolute Gasteiger partial charge is 0.323 e. The van der Waals surface area contributed by atoms with Crippen LogP contribution in [0.25, 0.3) is 0 Å². The summed E-state index contributed by atoms with van der Waals surface area (Å²) in [5.41, 5.74) is -1.32. The maximum Gasteiger partial charge on any atom is 0.323 e. The van der Waals surface area contributed by atoms with E-state index in [0.29, 0.717) is 0 Å². The van der Waals surface area contributed by atoms with Crippen molar-refractivity contribution in [1.82, 2.24) is 4.90 Å². The van der Waals surface area contributed by atoms with Gasteiger partial charge in [-0.2, -0.15) is 0 Å². The van der Waals surface area contributed by atoms with Gasteiger partial charge in [0.25, 0.3) is 0 Å². The van der Waals surface area contributed by atoms with Gasteiger partial charge in [0.15, 0.2) is 5.41 Å². The van der Waals surface area contributed by atoms with Crippen LogP contribution in [-0.4, -0.2) is 40.2 Å². The zero-order chi connectivity index (χ0) is 20.9. The molecule has 7 nitrogen and oxygen atoms in total. The highest BCUT2D eigenvalue weighted by atomic mass is 35.5. The minimum Gasteiger partial charge on any atom is -0.480 e. The minimum atomic E-state index is -1.86. The van der Waals surface area contributed by atoms with E-state index in [9.17, 15) is 28.7 Å². The number of nitrogens with zero attached hydrogens (tertiary/aromatic N) is 2. The lowest BCUT2D eigenvalue weighted by Crippen LogP contribution is -2.47. The lowest BCUT2D eigenvalue weighted by Gasteiger charge is -2.22. The summed E-state index contributed by atoms with van der Waals surface area (Å²) in [5.74, 6) is -4.09. The molecule has 2 heterocycles. The Labute approximate surface area is 169 Å². The highest BCUT2D eigenvalue weighted by Crippen LogP contribution is 2.49. The fraction of sp³-hybridized carbons (Fsp3) is 0.200. The van der Waals surface area contributed by atoms with Gasteiger partial charge < -0.3 is 5.11 Å². The van der Waals surface area contributed by atoms with Gasteiger partial charge in [0.1, 0.15) is 12.4 Å². The minimum absolute atomic E-state index is 0.135. The van der Waals surface area contributed by atoms with Crippen molar-refractivity contribution in [3.05, 3.63) is 64.4 Å². The van der Waals surface area contributed by atoms with E-state index in [1.165, 1.54) is 36.4 Å². The molecule has 3 amide bonds. The van der Waals surface area contributed by atoms with Crippen molar-refractivity contribution in [2.45, 2.75) is 18.4 Å². The molecular formula is C20H14ClFN2O5. The van der Waals surface area contributed by atoms with Crippen LogP contribution in [0, 0.1) is 5.82 Å². The second-order valence-corrected chi connectivity index (χ2v) is 7.34. The first-order chi connectivity index (χ1) is 13.8. The van der Waals surface area contributed by atoms with Crippen molar-refractivity contribution in [2.24, 2.45) is 0 Å². The molecule has 0 bridgehead atoms. The molecule has 1 atom stereocenters. The molecule has 148 valence electrons. The molecule has 2 aromatic rings. The van der Waals surface area contributed by atoms with Gasteiger partial charge in [-0.05, 0) is 18.2 Å². The van der Waals surface area contributed by atoms with Gasteiger partial charge in [0.2, 0.25) is 17.7 Å². The van der Waals surface area contributed by atoms with Crippen molar-refractivity contribution in [3.63, 3.8) is 0 Å². The Morgan fingerprint density at radius 2 is 1.79 bits per heavy atom. The van der Waals surface area contributed by atoms with E-state index in [0.717, 1.165) is 9.80 Å². The molecule has 2 aromatic carbocycles. The number of benzene rings is 2. The second-order valence-electron chi connectivity index (χ2n) is 6.91. The van der Waals surface area contributed by atoms with Crippen molar-refractivity contribution < 1.29 is 28.7 Å². The molecule has 2 aliphatic rings. The van der Waals surface area contributed by atoms with Crippen molar-refractivity contribution >= 4 is 41.0 Å². The Kier molecular flexibility index (Phi) is 4.38. The third-order valence-corrected chi connectivity index (χ3v) is 5.46. The highest BCUT2D eigenvalue weighted by molar-refractivity contribution is 6.33. The number of hydrogen-bond acceptors (Lipinski definition) is 4. The van der Waals surface area contributed by atoms with E-state index in [-0.39, 0.29) is 28.4 Å². The monoisotopic (exact) mass is 416 g/mol. The first kappa shape index (κ1) is 19.1. The van der Waals surface area contributed by atoms with Crippen LogP contribution in [0.1, 0.15) is 17.5 Å². The lowest BCUT2D eigenvalue weighted by molar-refractivity contribution is -0.143. The van der Waals surface area contributed by atoms with Crippen LogP contribution in [0.15, 0.2) is 42.5 Å². The molecule has 1 unspecified atom stereocenters. The number of fused-ring (bicyclic) bond motifs is 2. The van der Waals surface area contributed by atoms with Crippen LogP contribution in [0.2, 0.25) is 5.02 Å². The van der Waals surface area contributed by atoms with Crippen LogP contribution in [0.3, 0.4) is 0 Å². The van der Waals surface area contributed by atoms with Gasteiger partial charge >= 0.3 is 5.97 Å². The Morgan fingerprint density at radius 3 is 2.48 bits per heavy atom. The number of hydrogen-bond donors (Lipinski definition) is 1. The molecule has 0 radical (unpaired) electrons. The third kappa shape index (κ3) is 2.79. The van der Waals surface area contributed by atoms with Gasteiger partial charge in [0, 0.05) is 16.1 Å². The summed E-state index contributed by atoms with van der Waals surface area (Å²) in [5, 5.41) is 9.44. The number of likely N-dealkylation sites (tertiary alicyclic amines) is 1. The van der Waals surface area contributed by atoms with Gasteiger partial charge in [-0.1, -0.05) is 35.9 Å².